The van der Waals surface area contributed by atoms with Crippen LogP contribution in [0.25, 0.3) is 0 Å². The van der Waals surface area contributed by atoms with E-state index < -0.39 is 6.29 Å². The summed E-state index contributed by atoms with van der Waals surface area (Å²) < 4.78 is 0. The van der Waals surface area contributed by atoms with Crippen LogP contribution in [0.2, 0.25) is 0 Å². The maximum atomic E-state index is 11.2. The molecule has 0 rings (SSSR count). The first kappa shape index (κ1) is 11.6. The van der Waals surface area contributed by atoms with Crippen molar-refractivity contribution < 1.29 is 15.0 Å². The molecule has 0 aromatic rings. The molecule has 1 atom stereocenters. The first-order valence-electron chi connectivity index (χ1n) is 4.08. The molecule has 0 amide bonds. The minimum absolute atomic E-state index is 0.0247. The van der Waals surface area contributed by atoms with Gasteiger partial charge in [-0.05, 0) is 6.92 Å². The lowest BCUT2D eigenvalue weighted by molar-refractivity contribution is -0.124. The SMILES string of the molecule is CC(C)C(=O)C(C)NCC(O)O. The second kappa shape index (κ2) is 5.24. The predicted molar refractivity (Wildman–Crippen MR) is 45.5 cm³/mol. The summed E-state index contributed by atoms with van der Waals surface area (Å²) in [6.07, 6.45) is -1.40. The average molecular weight is 175 g/mol. The van der Waals surface area contributed by atoms with Crippen LogP contribution in [0.1, 0.15) is 20.8 Å². The summed E-state index contributed by atoms with van der Waals surface area (Å²) in [7, 11) is 0. The van der Waals surface area contributed by atoms with Gasteiger partial charge in [0.05, 0.1) is 6.04 Å². The minimum Gasteiger partial charge on any atom is -0.367 e. The highest BCUT2D eigenvalue weighted by Crippen LogP contribution is 1.98. The summed E-state index contributed by atoms with van der Waals surface area (Å²) in [5, 5.41) is 19.7. The summed E-state index contributed by atoms with van der Waals surface area (Å²) in [5.41, 5.74) is 0. The third-order valence-corrected chi connectivity index (χ3v) is 1.60. The van der Waals surface area contributed by atoms with Gasteiger partial charge in [-0.3, -0.25) is 4.79 Å². The molecule has 0 bridgehead atoms. The van der Waals surface area contributed by atoms with Gasteiger partial charge >= 0.3 is 0 Å². The highest BCUT2D eigenvalue weighted by molar-refractivity contribution is 5.85. The van der Waals surface area contributed by atoms with E-state index in [0.717, 1.165) is 0 Å². The Kier molecular flexibility index (Phi) is 5.04. The van der Waals surface area contributed by atoms with E-state index >= 15 is 0 Å². The molecule has 0 saturated carbocycles. The van der Waals surface area contributed by atoms with Crippen molar-refractivity contribution in [1.82, 2.24) is 5.32 Å². The molecule has 0 aromatic carbocycles. The summed E-state index contributed by atoms with van der Waals surface area (Å²) in [4.78, 5) is 11.2. The van der Waals surface area contributed by atoms with E-state index in [1.807, 2.05) is 13.8 Å². The molecule has 0 saturated heterocycles. The second-order valence-corrected chi connectivity index (χ2v) is 3.17. The highest BCUT2D eigenvalue weighted by Gasteiger charge is 2.15. The first-order valence-corrected chi connectivity index (χ1v) is 4.08. The number of aliphatic hydroxyl groups is 2. The van der Waals surface area contributed by atoms with Gasteiger partial charge in [0.2, 0.25) is 0 Å². The molecule has 0 aromatic heterocycles. The molecule has 3 N–H and O–H groups in total. The maximum absolute atomic E-state index is 11.2. The average Bonchev–Trinajstić information content (AvgIpc) is 1.98. The second-order valence-electron chi connectivity index (χ2n) is 3.17. The van der Waals surface area contributed by atoms with Gasteiger partial charge < -0.3 is 15.5 Å². The third-order valence-electron chi connectivity index (χ3n) is 1.60. The van der Waals surface area contributed by atoms with Crippen LogP contribution >= 0.6 is 0 Å². The van der Waals surface area contributed by atoms with E-state index in [4.69, 9.17) is 10.2 Å². The largest absolute Gasteiger partial charge is 0.367 e. The molecular weight excluding hydrogens is 158 g/mol. The van der Waals surface area contributed by atoms with Crippen molar-refractivity contribution in [1.29, 1.82) is 0 Å². The van der Waals surface area contributed by atoms with Crippen LogP contribution in [0.15, 0.2) is 0 Å². The molecule has 0 aliphatic carbocycles. The molecule has 0 heterocycles. The van der Waals surface area contributed by atoms with Gasteiger partial charge in [0, 0.05) is 12.5 Å². The number of hydrogen-bond donors (Lipinski definition) is 3. The molecule has 0 aliphatic heterocycles. The smallest absolute Gasteiger partial charge is 0.164 e. The van der Waals surface area contributed by atoms with Crippen LogP contribution in [-0.2, 0) is 4.79 Å². The summed E-state index contributed by atoms with van der Waals surface area (Å²) >= 11 is 0. The van der Waals surface area contributed by atoms with E-state index in [0.29, 0.717) is 0 Å². The van der Waals surface area contributed by atoms with Crippen molar-refractivity contribution in [3.05, 3.63) is 0 Å². The van der Waals surface area contributed by atoms with Crippen LogP contribution in [0.3, 0.4) is 0 Å². The number of Topliss-reactive ketones (excluding diaryl/α,β-unsaturated/α-hetero) is 1. The van der Waals surface area contributed by atoms with Crippen LogP contribution in [0.5, 0.6) is 0 Å². The number of aliphatic hydroxyl groups excluding tert-OH is 1. The Bertz CT molecular complexity index is 145. The normalized spacial score (nSPS) is 13.9. The van der Waals surface area contributed by atoms with E-state index in [2.05, 4.69) is 5.32 Å². The lowest BCUT2D eigenvalue weighted by Crippen LogP contribution is -2.40. The Labute approximate surface area is 72.6 Å². The third kappa shape index (κ3) is 4.43. The Balaban J connectivity index is 3.72. The lowest BCUT2D eigenvalue weighted by atomic mass is 10.0. The zero-order chi connectivity index (χ0) is 9.72. The summed E-state index contributed by atoms with van der Waals surface area (Å²) in [6.45, 7) is 5.37. The molecule has 72 valence electrons. The molecule has 4 heteroatoms. The van der Waals surface area contributed by atoms with Gasteiger partial charge in [-0.15, -0.1) is 0 Å². The minimum atomic E-state index is -1.40. The van der Waals surface area contributed by atoms with E-state index in [1.165, 1.54) is 0 Å². The molecule has 1 unspecified atom stereocenters. The summed E-state index contributed by atoms with van der Waals surface area (Å²) in [5.74, 6) is 0.0546. The zero-order valence-corrected chi connectivity index (χ0v) is 7.74. The Morgan fingerprint density at radius 1 is 1.33 bits per heavy atom. The monoisotopic (exact) mass is 175 g/mol. The number of carbonyl (C=O) groups is 1. The zero-order valence-electron chi connectivity index (χ0n) is 7.74. The first-order chi connectivity index (χ1) is 5.45. The van der Waals surface area contributed by atoms with Gasteiger partial charge in [-0.25, -0.2) is 0 Å². The Hall–Kier alpha value is -0.450. The van der Waals surface area contributed by atoms with E-state index in [-0.39, 0.29) is 24.3 Å². The Morgan fingerprint density at radius 3 is 2.17 bits per heavy atom. The van der Waals surface area contributed by atoms with Gasteiger partial charge in [0.25, 0.3) is 0 Å². The van der Waals surface area contributed by atoms with Crippen LogP contribution < -0.4 is 5.32 Å². The van der Waals surface area contributed by atoms with Crippen molar-refractivity contribution in [3.8, 4) is 0 Å². The Morgan fingerprint density at radius 2 is 1.83 bits per heavy atom. The fraction of sp³-hybridized carbons (Fsp3) is 0.875. The van der Waals surface area contributed by atoms with Crippen LogP contribution in [-0.4, -0.2) is 34.9 Å². The van der Waals surface area contributed by atoms with Crippen molar-refractivity contribution in [2.45, 2.75) is 33.1 Å². The fourth-order valence-corrected chi connectivity index (χ4v) is 0.883. The van der Waals surface area contributed by atoms with Crippen molar-refractivity contribution in [2.75, 3.05) is 6.54 Å². The number of carbonyl (C=O) groups excluding carboxylic acids is 1. The molecule has 0 radical (unpaired) electrons. The van der Waals surface area contributed by atoms with Crippen molar-refractivity contribution in [2.24, 2.45) is 5.92 Å². The van der Waals surface area contributed by atoms with Gasteiger partial charge in [-0.2, -0.15) is 0 Å². The molecule has 0 aliphatic rings. The number of rotatable bonds is 5. The fourth-order valence-electron chi connectivity index (χ4n) is 0.883. The summed E-state index contributed by atoms with van der Waals surface area (Å²) in [6, 6.07) is -0.313. The topological polar surface area (TPSA) is 69.6 Å². The van der Waals surface area contributed by atoms with Crippen molar-refractivity contribution >= 4 is 5.78 Å². The molecule has 0 spiro atoms. The molecule has 12 heavy (non-hydrogen) atoms. The molecule has 4 nitrogen and oxygen atoms in total. The molecular formula is C8H17NO3. The number of nitrogens with one attached hydrogen (secondary N) is 1. The number of ketones is 1. The van der Waals surface area contributed by atoms with Gasteiger partial charge in [0.15, 0.2) is 12.1 Å². The molecule has 0 fully saturated rings. The van der Waals surface area contributed by atoms with E-state index in [1.54, 1.807) is 6.92 Å². The quantitative estimate of drug-likeness (QED) is 0.493. The van der Waals surface area contributed by atoms with Crippen LogP contribution in [0, 0.1) is 5.92 Å². The van der Waals surface area contributed by atoms with Gasteiger partial charge in [-0.1, -0.05) is 13.8 Å². The van der Waals surface area contributed by atoms with Crippen molar-refractivity contribution in [3.63, 3.8) is 0 Å². The van der Waals surface area contributed by atoms with Gasteiger partial charge in [0.1, 0.15) is 0 Å². The standard InChI is InChI=1S/C8H17NO3/c1-5(2)8(12)6(3)9-4-7(10)11/h5-7,9-11H,4H2,1-3H3. The van der Waals surface area contributed by atoms with Crippen LogP contribution in [0.4, 0.5) is 0 Å². The lowest BCUT2D eigenvalue weighted by Gasteiger charge is -2.15. The predicted octanol–water partition coefficient (Wildman–Crippen LogP) is -0.500. The highest BCUT2D eigenvalue weighted by atomic mass is 16.5. The maximum Gasteiger partial charge on any atom is 0.164 e. The van der Waals surface area contributed by atoms with E-state index in [9.17, 15) is 4.79 Å². The number of hydrogen-bond acceptors (Lipinski definition) is 4.